The van der Waals surface area contributed by atoms with Crippen LogP contribution in [0.3, 0.4) is 0 Å². The molecule has 5 rings (SSSR count). The third kappa shape index (κ3) is 5.89. The van der Waals surface area contributed by atoms with Crippen LogP contribution < -0.4 is 0 Å². The van der Waals surface area contributed by atoms with E-state index in [0.29, 0.717) is 18.1 Å². The van der Waals surface area contributed by atoms with Gasteiger partial charge < -0.3 is 0 Å². The van der Waals surface area contributed by atoms with Gasteiger partial charge in [0.1, 0.15) is 5.82 Å². The number of hydrogen-bond acceptors (Lipinski definition) is 5. The monoisotopic (exact) mass is 565 g/mol. The molecule has 3 aromatic carbocycles. The zero-order valence-electron chi connectivity index (χ0n) is 20.8. The van der Waals surface area contributed by atoms with E-state index in [-0.39, 0.29) is 10.7 Å². The predicted octanol–water partition coefficient (Wildman–Crippen LogP) is 7.10. The summed E-state index contributed by atoms with van der Waals surface area (Å²) in [6.07, 6.45) is 1.21. The molecule has 0 aliphatic heterocycles. The molecule has 0 spiro atoms. The second-order valence-electron chi connectivity index (χ2n) is 9.15. The third-order valence-corrected chi connectivity index (χ3v) is 8.63. The molecule has 5 aromatic rings. The van der Waals surface area contributed by atoms with Gasteiger partial charge >= 0.3 is 0 Å². The maximum atomic E-state index is 13.3. The van der Waals surface area contributed by atoms with Crippen LogP contribution in [0.15, 0.2) is 95.9 Å². The van der Waals surface area contributed by atoms with Crippen LogP contribution in [0, 0.1) is 5.82 Å². The maximum Gasteiger partial charge on any atom is 0.175 e. The molecule has 0 fully saturated rings. The van der Waals surface area contributed by atoms with E-state index in [1.165, 1.54) is 18.4 Å². The molecule has 2 aromatic heterocycles. The molecule has 0 atom stereocenters. The summed E-state index contributed by atoms with van der Waals surface area (Å²) >= 11 is 8.12. The number of hydrogen-bond donors (Lipinski definition) is 0. The minimum Gasteiger partial charge on any atom is -0.296 e. The summed E-state index contributed by atoms with van der Waals surface area (Å²) in [7, 11) is -1.31. The van der Waals surface area contributed by atoms with Gasteiger partial charge in [-0.05, 0) is 72.8 Å². The third-order valence-electron chi connectivity index (χ3n) is 6.04. The highest BCUT2D eigenvalue weighted by molar-refractivity contribution is 7.90. The highest BCUT2D eigenvalue weighted by Gasteiger charge is 2.18. The minimum atomic E-state index is -3.31. The van der Waals surface area contributed by atoms with Gasteiger partial charge in [0.15, 0.2) is 9.84 Å². The van der Waals surface area contributed by atoms with E-state index in [9.17, 15) is 12.8 Å². The lowest BCUT2D eigenvalue weighted by molar-refractivity contribution is 0.314. The summed E-state index contributed by atoms with van der Waals surface area (Å²) < 4.78 is 39.3. The standard InChI is InChI=1S/C29H25ClFN3O2S2/c1-33(18-20-10-12-22(31)13-11-20)19-23-17-27(34(32-23)26-9-4-3-8-25(26)30)29-15-14-28(37-29)21-6-5-7-24(16-21)38(2,35)36/h3-17H,18-19H2,1-2H3. The molecule has 194 valence electrons. The van der Waals surface area contributed by atoms with Gasteiger partial charge in [-0.15, -0.1) is 11.3 Å². The van der Waals surface area contributed by atoms with Gasteiger partial charge in [0, 0.05) is 24.2 Å². The summed E-state index contributed by atoms with van der Waals surface area (Å²) in [5.41, 5.74) is 4.37. The van der Waals surface area contributed by atoms with Crippen molar-refractivity contribution >= 4 is 32.8 Å². The molecule has 38 heavy (non-hydrogen) atoms. The Morgan fingerprint density at radius 2 is 1.66 bits per heavy atom. The fourth-order valence-corrected chi connectivity index (χ4v) is 6.12. The topological polar surface area (TPSA) is 55.2 Å². The van der Waals surface area contributed by atoms with Gasteiger partial charge in [-0.1, -0.05) is 48.0 Å². The highest BCUT2D eigenvalue weighted by atomic mass is 35.5. The van der Waals surface area contributed by atoms with E-state index in [0.717, 1.165) is 38.0 Å². The Kier molecular flexibility index (Phi) is 7.49. The highest BCUT2D eigenvalue weighted by Crippen LogP contribution is 2.37. The van der Waals surface area contributed by atoms with Gasteiger partial charge in [0.2, 0.25) is 0 Å². The Morgan fingerprint density at radius 3 is 2.39 bits per heavy atom. The fraction of sp³-hybridized carbons (Fsp3) is 0.138. The normalized spacial score (nSPS) is 11.8. The van der Waals surface area contributed by atoms with Gasteiger partial charge in [-0.3, -0.25) is 4.90 Å². The van der Waals surface area contributed by atoms with Crippen molar-refractivity contribution in [3.05, 3.63) is 113 Å². The van der Waals surface area contributed by atoms with Crippen molar-refractivity contribution in [2.24, 2.45) is 0 Å². The van der Waals surface area contributed by atoms with Gasteiger partial charge in [0.05, 0.1) is 31.9 Å². The molecule has 5 nitrogen and oxygen atoms in total. The van der Waals surface area contributed by atoms with Gasteiger partial charge in [-0.2, -0.15) is 5.10 Å². The largest absolute Gasteiger partial charge is 0.296 e. The number of halogens is 2. The summed E-state index contributed by atoms with van der Waals surface area (Å²) in [6.45, 7) is 1.23. The summed E-state index contributed by atoms with van der Waals surface area (Å²) in [5, 5.41) is 5.48. The van der Waals surface area contributed by atoms with E-state index in [1.54, 1.807) is 41.7 Å². The first-order valence-electron chi connectivity index (χ1n) is 11.8. The molecular weight excluding hydrogens is 541 g/mol. The summed E-state index contributed by atoms with van der Waals surface area (Å²) in [6, 6.07) is 27.1. The van der Waals surface area contributed by atoms with Crippen LogP contribution in [0.2, 0.25) is 5.02 Å². The fourth-order valence-electron chi connectivity index (χ4n) is 4.23. The zero-order valence-corrected chi connectivity index (χ0v) is 23.2. The first kappa shape index (κ1) is 26.3. The predicted molar refractivity (Wildman–Crippen MR) is 152 cm³/mol. The van der Waals surface area contributed by atoms with Crippen LogP contribution >= 0.6 is 22.9 Å². The number of benzene rings is 3. The second kappa shape index (κ2) is 10.8. The Morgan fingerprint density at radius 1 is 0.921 bits per heavy atom. The quantitative estimate of drug-likeness (QED) is 0.201. The number of sulfone groups is 1. The van der Waals surface area contributed by atoms with E-state index in [1.807, 2.05) is 60.3 Å². The van der Waals surface area contributed by atoms with Crippen LogP contribution in [0.1, 0.15) is 11.3 Å². The van der Waals surface area contributed by atoms with Crippen LogP contribution in [0.4, 0.5) is 4.39 Å². The summed E-state index contributed by atoms with van der Waals surface area (Å²) in [5.74, 6) is -0.252. The molecule has 0 unspecified atom stereocenters. The lowest BCUT2D eigenvalue weighted by Gasteiger charge is -2.15. The van der Waals surface area contributed by atoms with Crippen LogP contribution in [0.5, 0.6) is 0 Å². The van der Waals surface area contributed by atoms with Crippen molar-refractivity contribution in [3.8, 4) is 26.7 Å². The zero-order chi connectivity index (χ0) is 26.9. The molecule has 0 N–H and O–H groups in total. The Balaban J connectivity index is 1.49. The van der Waals surface area contributed by atoms with E-state index in [2.05, 4.69) is 4.90 Å². The van der Waals surface area contributed by atoms with Crippen LogP contribution in [0.25, 0.3) is 26.7 Å². The van der Waals surface area contributed by atoms with Crippen molar-refractivity contribution in [2.45, 2.75) is 18.0 Å². The number of nitrogens with zero attached hydrogens (tertiary/aromatic N) is 3. The van der Waals surface area contributed by atoms with Crippen molar-refractivity contribution in [1.82, 2.24) is 14.7 Å². The minimum absolute atomic E-state index is 0.252. The first-order chi connectivity index (χ1) is 18.2. The molecule has 0 bridgehead atoms. The lowest BCUT2D eigenvalue weighted by atomic mass is 10.2. The van der Waals surface area contributed by atoms with E-state index >= 15 is 0 Å². The average molecular weight is 566 g/mol. The molecule has 2 heterocycles. The van der Waals surface area contributed by atoms with Crippen molar-refractivity contribution < 1.29 is 12.8 Å². The molecular formula is C29H25ClFN3O2S2. The van der Waals surface area contributed by atoms with E-state index < -0.39 is 9.84 Å². The van der Waals surface area contributed by atoms with Crippen molar-refractivity contribution in [2.75, 3.05) is 13.3 Å². The lowest BCUT2D eigenvalue weighted by Crippen LogP contribution is -2.17. The Bertz CT molecular complexity index is 1700. The summed E-state index contributed by atoms with van der Waals surface area (Å²) in [4.78, 5) is 4.34. The molecule has 9 heteroatoms. The van der Waals surface area contributed by atoms with Crippen molar-refractivity contribution in [3.63, 3.8) is 0 Å². The Labute approximate surface area is 230 Å². The smallest absolute Gasteiger partial charge is 0.175 e. The number of rotatable bonds is 8. The Hall–Kier alpha value is -3.30. The van der Waals surface area contributed by atoms with E-state index in [4.69, 9.17) is 16.7 Å². The number of para-hydroxylation sites is 1. The maximum absolute atomic E-state index is 13.3. The average Bonchev–Trinajstić information content (AvgIpc) is 3.53. The van der Waals surface area contributed by atoms with Crippen molar-refractivity contribution in [1.29, 1.82) is 0 Å². The molecule has 0 aliphatic carbocycles. The second-order valence-corrected chi connectivity index (χ2v) is 12.7. The SMILES string of the molecule is CN(Cc1ccc(F)cc1)Cc1cc(-c2ccc(-c3cccc(S(C)(=O)=O)c3)s2)n(-c2ccccc2Cl)n1. The molecule has 0 saturated carbocycles. The first-order valence-corrected chi connectivity index (χ1v) is 14.9. The molecule has 0 saturated heterocycles. The van der Waals surface area contributed by atoms with Crippen LogP contribution in [-0.2, 0) is 22.9 Å². The van der Waals surface area contributed by atoms with Gasteiger partial charge in [0.25, 0.3) is 0 Å². The van der Waals surface area contributed by atoms with Crippen LogP contribution in [-0.4, -0.2) is 36.4 Å². The number of aromatic nitrogens is 2. The molecule has 0 amide bonds. The number of thiophene rings is 1. The molecule has 0 radical (unpaired) electrons. The van der Waals surface area contributed by atoms with Gasteiger partial charge in [-0.25, -0.2) is 17.5 Å². The molecule has 0 aliphatic rings.